The Bertz CT molecular complexity index is 355. The van der Waals surface area contributed by atoms with Gasteiger partial charge in [-0.25, -0.2) is 4.98 Å². The van der Waals surface area contributed by atoms with Crippen molar-refractivity contribution >= 4 is 28.1 Å². The summed E-state index contributed by atoms with van der Waals surface area (Å²) in [6.45, 7) is 3.72. The van der Waals surface area contributed by atoms with E-state index < -0.39 is 5.97 Å². The van der Waals surface area contributed by atoms with Gasteiger partial charge in [-0.2, -0.15) is 5.10 Å². The van der Waals surface area contributed by atoms with E-state index in [2.05, 4.69) is 15.5 Å². The molecule has 0 saturated carbocycles. The maximum absolute atomic E-state index is 10.4. The second-order valence-corrected chi connectivity index (χ2v) is 3.74. The fourth-order valence-electron chi connectivity index (χ4n) is 0.754. The Balaban J connectivity index is 2.59. The molecular formula is C8H11N3O2S. The minimum Gasteiger partial charge on any atom is -0.481 e. The van der Waals surface area contributed by atoms with Crippen LogP contribution in [0.3, 0.4) is 0 Å². The normalized spacial score (nSPS) is 9.57. The highest BCUT2D eigenvalue weighted by Crippen LogP contribution is 2.15. The van der Waals surface area contributed by atoms with E-state index in [4.69, 9.17) is 5.11 Å². The zero-order valence-corrected chi connectivity index (χ0v) is 8.76. The first-order valence-electron chi connectivity index (χ1n) is 4.01. The highest BCUT2D eigenvalue weighted by Gasteiger charge is 2.04. The minimum absolute atomic E-state index is 0.0486. The van der Waals surface area contributed by atoms with Gasteiger partial charge in [0.1, 0.15) is 0 Å². The number of aromatic nitrogens is 1. The van der Waals surface area contributed by atoms with Crippen LogP contribution in [0, 0.1) is 0 Å². The third kappa shape index (κ3) is 3.53. The summed E-state index contributed by atoms with van der Waals surface area (Å²) in [6, 6.07) is 0. The summed E-state index contributed by atoms with van der Waals surface area (Å²) in [5, 5.41) is 14.8. The Hall–Kier alpha value is -1.43. The number of nitrogens with zero attached hydrogens (tertiary/aromatic N) is 2. The van der Waals surface area contributed by atoms with Crippen LogP contribution < -0.4 is 5.43 Å². The molecular weight excluding hydrogens is 202 g/mol. The van der Waals surface area contributed by atoms with Gasteiger partial charge in [-0.05, 0) is 13.8 Å². The van der Waals surface area contributed by atoms with E-state index in [9.17, 15) is 4.79 Å². The number of hydrogen-bond acceptors (Lipinski definition) is 5. The van der Waals surface area contributed by atoms with Crippen molar-refractivity contribution < 1.29 is 9.90 Å². The second-order valence-electron chi connectivity index (χ2n) is 2.89. The molecule has 1 aromatic heterocycles. The molecule has 14 heavy (non-hydrogen) atoms. The lowest BCUT2D eigenvalue weighted by molar-refractivity contribution is -0.136. The van der Waals surface area contributed by atoms with E-state index in [1.165, 1.54) is 11.3 Å². The fourth-order valence-corrected chi connectivity index (χ4v) is 1.41. The molecule has 0 atom stereocenters. The predicted molar refractivity (Wildman–Crippen MR) is 55.9 cm³/mol. The van der Waals surface area contributed by atoms with Crippen molar-refractivity contribution in [2.45, 2.75) is 20.3 Å². The molecule has 76 valence electrons. The molecule has 0 aliphatic carbocycles. The van der Waals surface area contributed by atoms with Gasteiger partial charge in [0.2, 0.25) is 5.13 Å². The summed E-state index contributed by atoms with van der Waals surface area (Å²) in [5.41, 5.74) is 4.18. The largest absolute Gasteiger partial charge is 0.481 e. The van der Waals surface area contributed by atoms with Gasteiger partial charge in [-0.3, -0.25) is 10.2 Å². The second kappa shape index (κ2) is 4.71. The van der Waals surface area contributed by atoms with Crippen LogP contribution in [0.4, 0.5) is 5.13 Å². The molecule has 0 amide bonds. The smallest absolute Gasteiger partial charge is 0.309 e. The molecule has 0 saturated heterocycles. The van der Waals surface area contributed by atoms with E-state index in [1.807, 2.05) is 13.8 Å². The number of aliphatic carboxylic acids is 1. The van der Waals surface area contributed by atoms with Crippen molar-refractivity contribution in [3.63, 3.8) is 0 Å². The van der Waals surface area contributed by atoms with Crippen LogP contribution in [0.25, 0.3) is 0 Å². The summed E-state index contributed by atoms with van der Waals surface area (Å²) in [6.07, 6.45) is -0.0486. The number of hydrogen-bond donors (Lipinski definition) is 2. The molecule has 0 radical (unpaired) electrons. The average Bonchev–Trinajstić information content (AvgIpc) is 2.47. The highest BCUT2D eigenvalue weighted by molar-refractivity contribution is 7.13. The summed E-state index contributed by atoms with van der Waals surface area (Å²) >= 11 is 1.34. The summed E-state index contributed by atoms with van der Waals surface area (Å²) in [7, 11) is 0. The fraction of sp³-hybridized carbons (Fsp3) is 0.375. The number of carboxylic acid groups (broad SMARTS) is 1. The molecule has 1 aromatic rings. The molecule has 0 bridgehead atoms. The summed E-state index contributed by atoms with van der Waals surface area (Å²) in [5.74, 6) is -0.878. The lowest BCUT2D eigenvalue weighted by atomic mass is 10.3. The first-order chi connectivity index (χ1) is 6.58. The first kappa shape index (κ1) is 10.6. The van der Waals surface area contributed by atoms with Gasteiger partial charge in [-0.1, -0.05) is 0 Å². The molecule has 2 N–H and O–H groups in total. The topological polar surface area (TPSA) is 74.6 Å². The van der Waals surface area contributed by atoms with E-state index >= 15 is 0 Å². The van der Waals surface area contributed by atoms with E-state index in [-0.39, 0.29) is 6.42 Å². The molecule has 1 rings (SSSR count). The van der Waals surface area contributed by atoms with E-state index in [1.54, 1.807) is 5.38 Å². The molecule has 0 aliphatic rings. The van der Waals surface area contributed by atoms with Crippen LogP contribution in [0.15, 0.2) is 10.5 Å². The Morgan fingerprint density at radius 2 is 2.43 bits per heavy atom. The molecule has 6 heteroatoms. The van der Waals surface area contributed by atoms with Crippen LogP contribution in [0.2, 0.25) is 0 Å². The van der Waals surface area contributed by atoms with Crippen LogP contribution in [-0.4, -0.2) is 21.8 Å². The van der Waals surface area contributed by atoms with Crippen molar-refractivity contribution in [1.82, 2.24) is 4.98 Å². The van der Waals surface area contributed by atoms with Crippen LogP contribution in [0.1, 0.15) is 19.5 Å². The van der Waals surface area contributed by atoms with Gasteiger partial charge < -0.3 is 5.11 Å². The van der Waals surface area contributed by atoms with Crippen molar-refractivity contribution in [3.05, 3.63) is 11.1 Å². The number of hydrazone groups is 1. The molecule has 1 heterocycles. The van der Waals surface area contributed by atoms with Gasteiger partial charge in [-0.15, -0.1) is 11.3 Å². The maximum atomic E-state index is 10.4. The van der Waals surface area contributed by atoms with Crippen LogP contribution in [-0.2, 0) is 11.2 Å². The van der Waals surface area contributed by atoms with Gasteiger partial charge in [0.15, 0.2) is 0 Å². The van der Waals surface area contributed by atoms with Crippen LogP contribution in [0.5, 0.6) is 0 Å². The van der Waals surface area contributed by atoms with Crippen LogP contribution >= 0.6 is 11.3 Å². The van der Waals surface area contributed by atoms with Gasteiger partial charge in [0, 0.05) is 11.1 Å². The van der Waals surface area contributed by atoms with Gasteiger partial charge in [0.05, 0.1) is 12.1 Å². The standard InChI is InChI=1S/C8H11N3O2S/c1-5(2)10-11-8-9-6(4-14-8)3-7(12)13/h4H,3H2,1-2H3,(H,9,11)(H,12,13). The summed E-state index contributed by atoms with van der Waals surface area (Å²) in [4.78, 5) is 14.4. The zero-order chi connectivity index (χ0) is 10.6. The van der Waals surface area contributed by atoms with Crippen molar-refractivity contribution in [2.75, 3.05) is 5.43 Å². The SMILES string of the molecule is CC(C)=NNc1nc(CC(=O)O)cs1. The Kier molecular flexibility index (Phi) is 3.58. The third-order valence-electron chi connectivity index (χ3n) is 1.26. The molecule has 0 spiro atoms. The average molecular weight is 213 g/mol. The summed E-state index contributed by atoms with van der Waals surface area (Å²) < 4.78 is 0. The monoisotopic (exact) mass is 213 g/mol. The van der Waals surface area contributed by atoms with Crippen molar-refractivity contribution in [3.8, 4) is 0 Å². The van der Waals surface area contributed by atoms with E-state index in [0.717, 1.165) is 5.71 Å². The lowest BCUT2D eigenvalue weighted by Gasteiger charge is -1.93. The first-order valence-corrected chi connectivity index (χ1v) is 4.89. The molecule has 0 aliphatic heterocycles. The molecule has 5 nitrogen and oxygen atoms in total. The quantitative estimate of drug-likeness (QED) is 0.588. The van der Waals surface area contributed by atoms with Gasteiger partial charge in [0.25, 0.3) is 0 Å². The van der Waals surface area contributed by atoms with E-state index in [0.29, 0.717) is 10.8 Å². The number of rotatable bonds is 4. The Morgan fingerprint density at radius 1 is 1.71 bits per heavy atom. The number of carboxylic acids is 1. The number of thiazole rings is 1. The Labute approximate surface area is 85.5 Å². The third-order valence-corrected chi connectivity index (χ3v) is 2.06. The molecule has 0 aromatic carbocycles. The Morgan fingerprint density at radius 3 is 3.00 bits per heavy atom. The predicted octanol–water partition coefficient (Wildman–Crippen LogP) is 1.58. The lowest BCUT2D eigenvalue weighted by Crippen LogP contribution is -2.00. The molecule has 0 fully saturated rings. The van der Waals surface area contributed by atoms with Crippen molar-refractivity contribution in [2.24, 2.45) is 5.10 Å². The highest BCUT2D eigenvalue weighted by atomic mass is 32.1. The minimum atomic E-state index is -0.878. The van der Waals surface area contributed by atoms with Crippen molar-refractivity contribution in [1.29, 1.82) is 0 Å². The molecule has 0 unspecified atom stereocenters. The maximum Gasteiger partial charge on any atom is 0.309 e. The zero-order valence-electron chi connectivity index (χ0n) is 7.94. The number of anilines is 1. The van der Waals surface area contributed by atoms with Gasteiger partial charge >= 0.3 is 5.97 Å². The number of carbonyl (C=O) groups is 1. The number of nitrogens with one attached hydrogen (secondary N) is 1.